The van der Waals surface area contributed by atoms with Crippen LogP contribution in [0.3, 0.4) is 0 Å². The number of nitrogens with zero attached hydrogens (tertiary/aromatic N) is 4. The number of hydrogen-bond donors (Lipinski definition) is 1. The van der Waals surface area contributed by atoms with Crippen molar-refractivity contribution in [3.63, 3.8) is 0 Å². The molecule has 10 heteroatoms. The summed E-state index contributed by atoms with van der Waals surface area (Å²) >= 11 is 0. The number of ether oxygens (including phenoxy) is 1. The van der Waals surface area contributed by atoms with Gasteiger partial charge in [0.05, 0.1) is 18.4 Å². The Morgan fingerprint density at radius 3 is 2.50 bits per heavy atom. The maximum atomic E-state index is 13.8. The summed E-state index contributed by atoms with van der Waals surface area (Å²) < 4.78 is 45.9. The van der Waals surface area contributed by atoms with Crippen molar-refractivity contribution in [2.45, 2.75) is 6.92 Å². The van der Waals surface area contributed by atoms with Gasteiger partial charge >= 0.3 is 5.97 Å². The SMILES string of the molecule is CCOC(=O)C(/C=N/n1cnnc1)=C(/O)c1cc(F)c(F)cc1F. The molecule has 7 nitrogen and oxygen atoms in total. The van der Waals surface area contributed by atoms with Gasteiger partial charge in [0.2, 0.25) is 0 Å². The molecule has 0 spiro atoms. The summed E-state index contributed by atoms with van der Waals surface area (Å²) in [6, 6.07) is 0.673. The number of halogens is 3. The van der Waals surface area contributed by atoms with Gasteiger partial charge in [-0.05, 0) is 13.0 Å². The molecule has 24 heavy (non-hydrogen) atoms. The standard InChI is InChI=1S/C14H11F3N4O3/c1-2-24-14(23)9(5-20-21-6-18-19-7-21)13(22)8-3-11(16)12(17)4-10(8)15/h3-7,22H,2H2,1H3/b13-9+,20-5+. The van der Waals surface area contributed by atoms with Crippen LogP contribution in [0.15, 0.2) is 35.5 Å². The number of hydrogen-bond acceptors (Lipinski definition) is 6. The first kappa shape index (κ1) is 17.2. The summed E-state index contributed by atoms with van der Waals surface area (Å²) in [4.78, 5) is 11.9. The second-order valence-electron chi connectivity index (χ2n) is 4.32. The van der Waals surface area contributed by atoms with Gasteiger partial charge in [0.25, 0.3) is 0 Å². The molecule has 1 aromatic heterocycles. The van der Waals surface area contributed by atoms with Crippen LogP contribution in [0.5, 0.6) is 0 Å². The predicted molar refractivity (Wildman–Crippen MR) is 76.4 cm³/mol. The summed E-state index contributed by atoms with van der Waals surface area (Å²) in [5.74, 6) is -6.07. The quantitative estimate of drug-likeness (QED) is 0.296. The van der Waals surface area contributed by atoms with E-state index in [1.54, 1.807) is 0 Å². The maximum absolute atomic E-state index is 13.8. The molecule has 0 fully saturated rings. The van der Waals surface area contributed by atoms with Crippen LogP contribution in [0.2, 0.25) is 0 Å². The second-order valence-corrected chi connectivity index (χ2v) is 4.32. The van der Waals surface area contributed by atoms with Gasteiger partial charge in [0, 0.05) is 6.07 Å². The fourth-order valence-corrected chi connectivity index (χ4v) is 1.65. The van der Waals surface area contributed by atoms with Crippen LogP contribution < -0.4 is 0 Å². The van der Waals surface area contributed by atoms with Gasteiger partial charge in [-0.3, -0.25) is 0 Å². The molecular formula is C14H11F3N4O3. The van der Waals surface area contributed by atoms with Crippen LogP contribution in [0.25, 0.3) is 5.76 Å². The Morgan fingerprint density at radius 2 is 1.88 bits per heavy atom. The summed E-state index contributed by atoms with van der Waals surface area (Å²) in [6.45, 7) is 1.48. The molecule has 0 bridgehead atoms. The molecule has 2 aromatic rings. The second kappa shape index (κ2) is 7.40. The predicted octanol–water partition coefficient (Wildman–Crippen LogP) is 2.06. The molecule has 0 unspecified atom stereocenters. The highest BCUT2D eigenvalue weighted by atomic mass is 19.2. The number of benzene rings is 1. The van der Waals surface area contributed by atoms with Crippen molar-refractivity contribution in [3.05, 3.63) is 53.4 Å². The molecule has 0 atom stereocenters. The lowest BCUT2D eigenvalue weighted by Gasteiger charge is -2.08. The number of rotatable bonds is 5. The minimum atomic E-state index is -1.43. The van der Waals surface area contributed by atoms with Crippen molar-refractivity contribution in [1.29, 1.82) is 0 Å². The number of aromatic nitrogens is 3. The van der Waals surface area contributed by atoms with E-state index in [1.807, 2.05) is 0 Å². The lowest BCUT2D eigenvalue weighted by molar-refractivity contribution is -0.137. The zero-order chi connectivity index (χ0) is 17.7. The van der Waals surface area contributed by atoms with Gasteiger partial charge in [0.15, 0.2) is 11.6 Å². The van der Waals surface area contributed by atoms with Crippen LogP contribution in [0, 0.1) is 17.5 Å². The Balaban J connectivity index is 2.53. The molecule has 0 aliphatic carbocycles. The fourth-order valence-electron chi connectivity index (χ4n) is 1.65. The molecule has 1 N–H and O–H groups in total. The van der Waals surface area contributed by atoms with E-state index < -0.39 is 40.3 Å². The van der Waals surface area contributed by atoms with Gasteiger partial charge in [-0.2, -0.15) is 5.10 Å². The molecule has 0 saturated heterocycles. The number of carbonyl (C=O) groups excluding carboxylic acids is 1. The first-order valence-corrected chi connectivity index (χ1v) is 6.58. The van der Waals surface area contributed by atoms with Crippen molar-refractivity contribution in [2.24, 2.45) is 5.10 Å². The van der Waals surface area contributed by atoms with Gasteiger partial charge < -0.3 is 9.84 Å². The van der Waals surface area contributed by atoms with Crippen molar-refractivity contribution >= 4 is 17.9 Å². The van der Waals surface area contributed by atoms with Crippen molar-refractivity contribution in [1.82, 2.24) is 14.9 Å². The van der Waals surface area contributed by atoms with E-state index in [-0.39, 0.29) is 12.7 Å². The maximum Gasteiger partial charge on any atom is 0.343 e. The average molecular weight is 340 g/mol. The molecule has 1 aromatic carbocycles. The van der Waals surface area contributed by atoms with E-state index in [0.29, 0.717) is 6.07 Å². The molecule has 0 aliphatic heterocycles. The summed E-state index contributed by atoms with van der Waals surface area (Å²) in [7, 11) is 0. The Hall–Kier alpha value is -3.17. The fraction of sp³-hybridized carbons (Fsp3) is 0.143. The molecule has 0 radical (unpaired) electrons. The van der Waals surface area contributed by atoms with Gasteiger partial charge in [-0.15, -0.1) is 10.2 Å². The Morgan fingerprint density at radius 1 is 1.25 bits per heavy atom. The van der Waals surface area contributed by atoms with Gasteiger partial charge in [-0.1, -0.05) is 0 Å². The topological polar surface area (TPSA) is 89.6 Å². The molecule has 0 aliphatic rings. The zero-order valence-electron chi connectivity index (χ0n) is 12.3. The minimum Gasteiger partial charge on any atom is -0.506 e. The highest BCUT2D eigenvalue weighted by Crippen LogP contribution is 2.22. The number of carbonyl (C=O) groups is 1. The van der Waals surface area contributed by atoms with Gasteiger partial charge in [0.1, 0.15) is 29.8 Å². The van der Waals surface area contributed by atoms with Crippen molar-refractivity contribution < 1.29 is 27.8 Å². The molecular weight excluding hydrogens is 329 g/mol. The van der Waals surface area contributed by atoms with Crippen molar-refractivity contribution in [3.8, 4) is 0 Å². The van der Waals surface area contributed by atoms with Crippen molar-refractivity contribution in [2.75, 3.05) is 6.61 Å². The molecule has 0 amide bonds. The van der Waals surface area contributed by atoms with Crippen LogP contribution in [0.4, 0.5) is 13.2 Å². The largest absolute Gasteiger partial charge is 0.506 e. The number of aliphatic hydroxyl groups excluding tert-OH is 1. The normalized spacial score (nSPS) is 12.3. The van der Waals surface area contributed by atoms with E-state index >= 15 is 0 Å². The van der Waals surface area contributed by atoms with Crippen LogP contribution in [-0.2, 0) is 9.53 Å². The smallest absolute Gasteiger partial charge is 0.343 e. The van der Waals surface area contributed by atoms with E-state index in [1.165, 1.54) is 19.6 Å². The van der Waals surface area contributed by atoms with E-state index in [9.17, 15) is 23.1 Å². The van der Waals surface area contributed by atoms with Crippen LogP contribution in [-0.4, -0.2) is 38.8 Å². The lowest BCUT2D eigenvalue weighted by Crippen LogP contribution is -2.12. The van der Waals surface area contributed by atoms with Gasteiger partial charge in [-0.25, -0.2) is 22.6 Å². The third-order valence-electron chi connectivity index (χ3n) is 2.74. The summed E-state index contributed by atoms with van der Waals surface area (Å²) in [5.41, 5.74) is -1.28. The Labute approximate surface area is 133 Å². The van der Waals surface area contributed by atoms with Crippen LogP contribution >= 0.6 is 0 Å². The third kappa shape index (κ3) is 3.77. The average Bonchev–Trinajstić information content (AvgIpc) is 3.04. The number of aliphatic hydroxyl groups is 1. The first-order valence-electron chi connectivity index (χ1n) is 6.58. The molecule has 1 heterocycles. The van der Waals surface area contributed by atoms with E-state index in [2.05, 4.69) is 15.3 Å². The Bertz CT molecular complexity index is 804. The molecule has 2 rings (SSSR count). The third-order valence-corrected chi connectivity index (χ3v) is 2.74. The Kier molecular flexibility index (Phi) is 5.30. The molecule has 0 saturated carbocycles. The number of esters is 1. The van der Waals surface area contributed by atoms with E-state index in [4.69, 9.17) is 4.74 Å². The summed E-state index contributed by atoms with van der Waals surface area (Å²) in [5, 5.41) is 20.8. The molecule has 126 valence electrons. The summed E-state index contributed by atoms with van der Waals surface area (Å²) in [6.07, 6.45) is 3.24. The lowest BCUT2D eigenvalue weighted by atomic mass is 10.1. The monoisotopic (exact) mass is 340 g/mol. The first-order chi connectivity index (χ1) is 11.4. The zero-order valence-corrected chi connectivity index (χ0v) is 12.3. The van der Waals surface area contributed by atoms with E-state index in [0.717, 1.165) is 10.9 Å². The highest BCUT2D eigenvalue weighted by molar-refractivity contribution is 6.15. The highest BCUT2D eigenvalue weighted by Gasteiger charge is 2.21. The minimum absolute atomic E-state index is 0.0314. The van der Waals surface area contributed by atoms with Crippen LogP contribution in [0.1, 0.15) is 12.5 Å².